The van der Waals surface area contributed by atoms with Gasteiger partial charge in [-0.1, -0.05) is 15.9 Å². The monoisotopic (exact) mass is 301 g/mol. The molecule has 0 saturated carbocycles. The number of aliphatic hydroxyl groups excluding tert-OH is 1. The third-order valence-electron chi connectivity index (χ3n) is 2.91. The zero-order valence-electron chi connectivity index (χ0n) is 9.20. The van der Waals surface area contributed by atoms with Crippen molar-refractivity contribution in [2.75, 3.05) is 13.1 Å². The minimum absolute atomic E-state index is 0.0876. The molecular weight excluding hydrogens is 289 g/mol. The first-order valence-electron chi connectivity index (χ1n) is 5.50. The molecule has 1 aromatic rings. The number of aliphatic hydroxyl groups is 1. The second-order valence-electron chi connectivity index (χ2n) is 4.15. The Hall–Kier alpha value is -0.940. The van der Waals surface area contributed by atoms with Gasteiger partial charge in [-0.3, -0.25) is 4.79 Å². The van der Waals surface area contributed by atoms with E-state index >= 15 is 0 Å². The van der Waals surface area contributed by atoms with Crippen LogP contribution in [0.5, 0.6) is 0 Å². The number of halogens is 2. The Morgan fingerprint density at radius 3 is 2.65 bits per heavy atom. The number of carbonyl (C=O) groups is 1. The molecule has 0 aliphatic carbocycles. The lowest BCUT2D eigenvalue weighted by Gasteiger charge is -2.29. The number of hydrogen-bond donors (Lipinski definition) is 1. The molecule has 2 rings (SSSR count). The number of benzene rings is 1. The lowest BCUT2D eigenvalue weighted by Crippen LogP contribution is -2.40. The number of nitrogens with zero attached hydrogens (tertiary/aromatic N) is 1. The molecule has 1 aliphatic heterocycles. The second kappa shape index (κ2) is 5.14. The summed E-state index contributed by atoms with van der Waals surface area (Å²) in [5, 5.41) is 9.35. The van der Waals surface area contributed by atoms with Crippen molar-refractivity contribution in [3.05, 3.63) is 34.1 Å². The maximum atomic E-state index is 13.6. The molecule has 0 aromatic heterocycles. The Bertz CT molecular complexity index is 431. The van der Waals surface area contributed by atoms with Gasteiger partial charge in [-0.15, -0.1) is 0 Å². The van der Waals surface area contributed by atoms with Crippen molar-refractivity contribution < 1.29 is 14.3 Å². The van der Waals surface area contributed by atoms with Crippen LogP contribution in [0, 0.1) is 5.82 Å². The van der Waals surface area contributed by atoms with Crippen LogP contribution in [0.1, 0.15) is 23.2 Å². The van der Waals surface area contributed by atoms with Crippen LogP contribution in [-0.4, -0.2) is 35.1 Å². The van der Waals surface area contributed by atoms with Crippen molar-refractivity contribution in [1.82, 2.24) is 4.90 Å². The molecule has 0 spiro atoms. The van der Waals surface area contributed by atoms with Crippen molar-refractivity contribution in [1.29, 1.82) is 0 Å². The number of likely N-dealkylation sites (tertiary alicyclic amines) is 1. The Morgan fingerprint density at radius 2 is 2.06 bits per heavy atom. The minimum Gasteiger partial charge on any atom is -0.393 e. The molecule has 1 amide bonds. The van der Waals surface area contributed by atoms with Gasteiger partial charge in [0.05, 0.1) is 11.7 Å². The topological polar surface area (TPSA) is 40.5 Å². The lowest BCUT2D eigenvalue weighted by atomic mass is 10.1. The minimum atomic E-state index is -0.518. The van der Waals surface area contributed by atoms with E-state index in [2.05, 4.69) is 15.9 Å². The van der Waals surface area contributed by atoms with E-state index in [-0.39, 0.29) is 17.6 Å². The van der Waals surface area contributed by atoms with Crippen LogP contribution in [-0.2, 0) is 0 Å². The van der Waals surface area contributed by atoms with Crippen LogP contribution >= 0.6 is 15.9 Å². The largest absolute Gasteiger partial charge is 0.393 e. The molecule has 0 bridgehead atoms. The lowest BCUT2D eigenvalue weighted by molar-refractivity contribution is 0.0543. The van der Waals surface area contributed by atoms with Gasteiger partial charge in [-0.25, -0.2) is 4.39 Å². The van der Waals surface area contributed by atoms with E-state index in [1.165, 1.54) is 12.1 Å². The van der Waals surface area contributed by atoms with Crippen LogP contribution < -0.4 is 0 Å². The fraction of sp³-hybridized carbons (Fsp3) is 0.417. The fourth-order valence-corrected chi connectivity index (χ4v) is 2.24. The highest BCUT2D eigenvalue weighted by Gasteiger charge is 2.24. The molecule has 5 heteroatoms. The number of piperidine rings is 1. The van der Waals surface area contributed by atoms with Crippen LogP contribution in [0.3, 0.4) is 0 Å². The summed E-state index contributed by atoms with van der Waals surface area (Å²) in [5.74, 6) is -0.822. The molecule has 92 valence electrons. The third kappa shape index (κ3) is 2.84. The maximum Gasteiger partial charge on any atom is 0.256 e. The number of rotatable bonds is 1. The molecule has 0 unspecified atom stereocenters. The maximum absolute atomic E-state index is 13.6. The SMILES string of the molecule is O=C(c1ccc(Br)cc1F)N1CCC(O)CC1. The van der Waals surface area contributed by atoms with Gasteiger partial charge in [-0.05, 0) is 31.0 Å². The van der Waals surface area contributed by atoms with E-state index in [1.54, 1.807) is 11.0 Å². The zero-order valence-corrected chi connectivity index (χ0v) is 10.8. The van der Waals surface area contributed by atoms with Crippen LogP contribution in [0.4, 0.5) is 4.39 Å². The predicted molar refractivity (Wildman–Crippen MR) is 65.2 cm³/mol. The van der Waals surface area contributed by atoms with Gasteiger partial charge in [0.25, 0.3) is 5.91 Å². The summed E-state index contributed by atoms with van der Waals surface area (Å²) in [5.41, 5.74) is 0.0876. The summed E-state index contributed by atoms with van der Waals surface area (Å²) < 4.78 is 14.2. The molecular formula is C12H13BrFNO2. The average Bonchev–Trinajstić information content (AvgIpc) is 2.29. The molecule has 3 nitrogen and oxygen atoms in total. The molecule has 0 atom stereocenters. The van der Waals surface area contributed by atoms with Gasteiger partial charge in [0.1, 0.15) is 5.82 Å². The third-order valence-corrected chi connectivity index (χ3v) is 3.41. The molecule has 1 aromatic carbocycles. The Balaban J connectivity index is 2.14. The van der Waals surface area contributed by atoms with E-state index in [1.807, 2.05) is 0 Å². The zero-order chi connectivity index (χ0) is 12.4. The highest BCUT2D eigenvalue weighted by Crippen LogP contribution is 2.19. The molecule has 1 N–H and O–H groups in total. The van der Waals surface area contributed by atoms with Crippen LogP contribution in [0.25, 0.3) is 0 Å². The van der Waals surface area contributed by atoms with Crippen molar-refractivity contribution in [2.45, 2.75) is 18.9 Å². The summed E-state index contributed by atoms with van der Waals surface area (Å²) >= 11 is 3.15. The Kier molecular flexibility index (Phi) is 3.79. The number of amides is 1. The van der Waals surface area contributed by atoms with E-state index < -0.39 is 5.82 Å². The summed E-state index contributed by atoms with van der Waals surface area (Å²) in [7, 11) is 0. The molecule has 17 heavy (non-hydrogen) atoms. The molecule has 0 radical (unpaired) electrons. The van der Waals surface area contributed by atoms with Gasteiger partial charge >= 0.3 is 0 Å². The van der Waals surface area contributed by atoms with Gasteiger partial charge in [0.2, 0.25) is 0 Å². The summed E-state index contributed by atoms with van der Waals surface area (Å²) in [6.07, 6.45) is 0.780. The fourth-order valence-electron chi connectivity index (χ4n) is 1.90. The van der Waals surface area contributed by atoms with Gasteiger partial charge in [0.15, 0.2) is 0 Å². The number of hydrogen-bond acceptors (Lipinski definition) is 2. The van der Waals surface area contributed by atoms with Gasteiger partial charge < -0.3 is 10.0 Å². The van der Waals surface area contributed by atoms with Crippen LogP contribution in [0.2, 0.25) is 0 Å². The van der Waals surface area contributed by atoms with Crippen LogP contribution in [0.15, 0.2) is 22.7 Å². The van der Waals surface area contributed by atoms with E-state index in [4.69, 9.17) is 0 Å². The smallest absolute Gasteiger partial charge is 0.256 e. The first-order chi connectivity index (χ1) is 8.08. The molecule has 1 aliphatic rings. The standard InChI is InChI=1S/C12H13BrFNO2/c13-8-1-2-10(11(14)7-8)12(17)15-5-3-9(16)4-6-15/h1-2,7,9,16H,3-6H2. The van der Waals surface area contributed by atoms with Crippen molar-refractivity contribution in [3.8, 4) is 0 Å². The summed E-state index contributed by atoms with van der Waals surface area (Å²) in [6.45, 7) is 0.963. The summed E-state index contributed by atoms with van der Waals surface area (Å²) in [4.78, 5) is 13.6. The quantitative estimate of drug-likeness (QED) is 0.864. The predicted octanol–water partition coefficient (Wildman–Crippen LogP) is 2.19. The van der Waals surface area contributed by atoms with Crippen molar-refractivity contribution in [3.63, 3.8) is 0 Å². The summed E-state index contributed by atoms with van der Waals surface area (Å²) in [6, 6.07) is 4.41. The van der Waals surface area contributed by atoms with E-state index in [0.717, 1.165) is 0 Å². The first kappa shape index (κ1) is 12.5. The average molecular weight is 302 g/mol. The van der Waals surface area contributed by atoms with E-state index in [0.29, 0.717) is 30.4 Å². The first-order valence-corrected chi connectivity index (χ1v) is 6.29. The second-order valence-corrected chi connectivity index (χ2v) is 5.06. The Morgan fingerprint density at radius 1 is 1.41 bits per heavy atom. The van der Waals surface area contributed by atoms with Crippen molar-refractivity contribution >= 4 is 21.8 Å². The number of carbonyl (C=O) groups excluding carboxylic acids is 1. The molecule has 1 saturated heterocycles. The Labute approximate surface area is 107 Å². The molecule has 1 heterocycles. The highest BCUT2D eigenvalue weighted by molar-refractivity contribution is 9.10. The van der Waals surface area contributed by atoms with E-state index in [9.17, 15) is 14.3 Å². The normalized spacial score (nSPS) is 17.2. The van der Waals surface area contributed by atoms with Crippen molar-refractivity contribution in [2.24, 2.45) is 0 Å². The van der Waals surface area contributed by atoms with Gasteiger partial charge in [0, 0.05) is 17.6 Å². The van der Waals surface area contributed by atoms with Gasteiger partial charge in [-0.2, -0.15) is 0 Å². The molecule has 1 fully saturated rings. The highest BCUT2D eigenvalue weighted by atomic mass is 79.9.